The van der Waals surface area contributed by atoms with Gasteiger partial charge >= 0.3 is 0 Å². The van der Waals surface area contributed by atoms with Gasteiger partial charge in [-0.15, -0.1) is 0 Å². The van der Waals surface area contributed by atoms with E-state index in [-0.39, 0.29) is 17.4 Å². The third kappa shape index (κ3) is 1.96. The molecule has 1 unspecified atom stereocenters. The summed E-state index contributed by atoms with van der Waals surface area (Å²) in [5.41, 5.74) is 0.726. The van der Waals surface area contributed by atoms with E-state index < -0.39 is 9.85 Å². The number of non-ortho nitro benzene ring substituents is 1. The Morgan fingerprint density at radius 1 is 1.29 bits per heavy atom. The quantitative estimate of drug-likeness (QED) is 0.638. The van der Waals surface area contributed by atoms with E-state index in [1.165, 1.54) is 6.07 Å². The van der Waals surface area contributed by atoms with Crippen molar-refractivity contribution in [2.24, 2.45) is 0 Å². The summed E-state index contributed by atoms with van der Waals surface area (Å²) in [5.74, 6) is 0. The molecule has 1 aromatic carbocycles. The van der Waals surface area contributed by atoms with Crippen molar-refractivity contribution in [1.29, 1.82) is 0 Å². The van der Waals surface area contributed by atoms with Gasteiger partial charge in [-0.1, -0.05) is 0 Å². The molecular weight excluding hydrogens is 226 g/mol. The van der Waals surface area contributed by atoms with E-state index in [0.29, 0.717) is 11.1 Å². The maximum Gasteiger partial charge on any atom is 0.279 e. The highest BCUT2D eigenvalue weighted by Crippen LogP contribution is 2.34. The van der Waals surface area contributed by atoms with Crippen LogP contribution in [0.3, 0.4) is 0 Å². The molecule has 17 heavy (non-hydrogen) atoms. The zero-order valence-corrected chi connectivity index (χ0v) is 9.17. The average Bonchev–Trinajstić information content (AvgIpc) is 2.17. The second kappa shape index (κ2) is 4.10. The molecule has 0 saturated carbocycles. The molecule has 0 amide bonds. The first-order valence-electron chi connectivity index (χ1n) is 5.17. The number of hydrogen-bond donors (Lipinski definition) is 1. The molecular formula is C10H11N3O4. The molecule has 1 fully saturated rings. The van der Waals surface area contributed by atoms with Crippen molar-refractivity contribution in [1.82, 2.24) is 5.32 Å². The fourth-order valence-corrected chi connectivity index (χ4v) is 1.92. The minimum Gasteiger partial charge on any atom is -0.310 e. The first-order chi connectivity index (χ1) is 8.00. The van der Waals surface area contributed by atoms with Crippen LogP contribution in [0.15, 0.2) is 12.1 Å². The van der Waals surface area contributed by atoms with Gasteiger partial charge in [-0.3, -0.25) is 20.2 Å². The largest absolute Gasteiger partial charge is 0.310 e. The SMILES string of the molecule is Cc1c(C2CCN2)cc([N+](=O)[O-])cc1[N+](=O)[O-]. The first-order valence-corrected chi connectivity index (χ1v) is 5.17. The molecule has 1 aromatic rings. The molecule has 1 saturated heterocycles. The van der Waals surface area contributed by atoms with Crippen LogP contribution in [0.1, 0.15) is 23.6 Å². The van der Waals surface area contributed by atoms with Gasteiger partial charge in [-0.2, -0.15) is 0 Å². The van der Waals surface area contributed by atoms with Crippen LogP contribution >= 0.6 is 0 Å². The standard InChI is InChI=1S/C10H11N3O4/c1-6-8(9-2-3-11-9)4-7(12(14)15)5-10(6)13(16)17/h4-5,9,11H,2-3H2,1H3. The van der Waals surface area contributed by atoms with Crippen LogP contribution < -0.4 is 5.32 Å². The summed E-state index contributed by atoms with van der Waals surface area (Å²) in [6.07, 6.45) is 0.846. The van der Waals surface area contributed by atoms with Crippen LogP contribution in [0.2, 0.25) is 0 Å². The molecule has 1 aliphatic heterocycles. The van der Waals surface area contributed by atoms with Crippen LogP contribution in [0.4, 0.5) is 11.4 Å². The number of nitro benzene ring substituents is 2. The smallest absolute Gasteiger partial charge is 0.279 e. The van der Waals surface area contributed by atoms with Crippen molar-refractivity contribution in [3.8, 4) is 0 Å². The van der Waals surface area contributed by atoms with E-state index in [0.717, 1.165) is 19.0 Å². The summed E-state index contributed by atoms with van der Waals surface area (Å²) in [4.78, 5) is 20.4. The lowest BCUT2D eigenvalue weighted by atomic mass is 9.92. The summed E-state index contributed by atoms with van der Waals surface area (Å²) < 4.78 is 0. The van der Waals surface area contributed by atoms with E-state index >= 15 is 0 Å². The Bertz CT molecular complexity index is 497. The zero-order valence-electron chi connectivity index (χ0n) is 9.17. The Labute approximate surface area is 96.7 Å². The van der Waals surface area contributed by atoms with Crippen molar-refractivity contribution in [3.05, 3.63) is 43.5 Å². The second-order valence-electron chi connectivity index (χ2n) is 3.99. The van der Waals surface area contributed by atoms with Crippen LogP contribution in [0, 0.1) is 27.2 Å². The fourth-order valence-electron chi connectivity index (χ4n) is 1.92. The molecule has 0 aliphatic carbocycles. The molecule has 1 atom stereocenters. The highest BCUT2D eigenvalue weighted by Gasteiger charge is 2.28. The Morgan fingerprint density at radius 3 is 2.35 bits per heavy atom. The van der Waals surface area contributed by atoms with Gasteiger partial charge in [0.05, 0.1) is 15.9 Å². The van der Waals surface area contributed by atoms with Crippen molar-refractivity contribution < 1.29 is 9.85 Å². The summed E-state index contributed by atoms with van der Waals surface area (Å²) in [6.45, 7) is 2.46. The van der Waals surface area contributed by atoms with E-state index in [2.05, 4.69) is 5.32 Å². The lowest BCUT2D eigenvalue weighted by Gasteiger charge is -2.28. The van der Waals surface area contributed by atoms with Crippen LogP contribution in [-0.2, 0) is 0 Å². The Balaban J connectivity index is 2.56. The van der Waals surface area contributed by atoms with Gasteiger partial charge in [-0.05, 0) is 25.5 Å². The second-order valence-corrected chi connectivity index (χ2v) is 3.99. The maximum absolute atomic E-state index is 10.8. The van der Waals surface area contributed by atoms with Crippen LogP contribution in [0.25, 0.3) is 0 Å². The Hall–Kier alpha value is -2.02. The van der Waals surface area contributed by atoms with E-state index in [9.17, 15) is 20.2 Å². The van der Waals surface area contributed by atoms with Gasteiger partial charge in [0.1, 0.15) is 0 Å². The predicted molar refractivity (Wildman–Crippen MR) is 59.8 cm³/mol. The molecule has 1 heterocycles. The van der Waals surface area contributed by atoms with Crippen LogP contribution in [0.5, 0.6) is 0 Å². The number of hydrogen-bond acceptors (Lipinski definition) is 5. The number of nitro groups is 2. The molecule has 1 N–H and O–H groups in total. The topological polar surface area (TPSA) is 98.3 Å². The number of nitrogens with one attached hydrogen (secondary N) is 1. The lowest BCUT2D eigenvalue weighted by molar-refractivity contribution is -0.394. The fraction of sp³-hybridized carbons (Fsp3) is 0.400. The molecule has 0 aromatic heterocycles. The number of benzene rings is 1. The number of nitrogens with zero attached hydrogens (tertiary/aromatic N) is 2. The third-order valence-electron chi connectivity index (χ3n) is 3.01. The summed E-state index contributed by atoms with van der Waals surface area (Å²) >= 11 is 0. The summed E-state index contributed by atoms with van der Waals surface area (Å²) in [6, 6.07) is 2.42. The molecule has 2 rings (SSSR count). The zero-order chi connectivity index (χ0) is 12.6. The minimum absolute atomic E-state index is 0.00593. The highest BCUT2D eigenvalue weighted by atomic mass is 16.6. The molecule has 90 valence electrons. The Kier molecular flexibility index (Phi) is 2.76. The van der Waals surface area contributed by atoms with E-state index in [1.54, 1.807) is 6.92 Å². The molecule has 0 radical (unpaired) electrons. The number of rotatable bonds is 3. The highest BCUT2D eigenvalue weighted by molar-refractivity contribution is 5.54. The van der Waals surface area contributed by atoms with Gasteiger partial charge < -0.3 is 5.32 Å². The average molecular weight is 237 g/mol. The Morgan fingerprint density at radius 2 is 1.94 bits per heavy atom. The van der Waals surface area contributed by atoms with Gasteiger partial charge in [-0.25, -0.2) is 0 Å². The van der Waals surface area contributed by atoms with Crippen molar-refractivity contribution in [2.45, 2.75) is 19.4 Å². The third-order valence-corrected chi connectivity index (χ3v) is 3.01. The summed E-state index contributed by atoms with van der Waals surface area (Å²) in [7, 11) is 0. The molecule has 0 spiro atoms. The summed E-state index contributed by atoms with van der Waals surface area (Å²) in [5, 5.41) is 24.7. The lowest BCUT2D eigenvalue weighted by Crippen LogP contribution is -2.35. The van der Waals surface area contributed by atoms with Gasteiger partial charge in [0.15, 0.2) is 0 Å². The molecule has 1 aliphatic rings. The first kappa shape index (κ1) is 11.5. The van der Waals surface area contributed by atoms with Gasteiger partial charge in [0, 0.05) is 17.7 Å². The van der Waals surface area contributed by atoms with E-state index in [4.69, 9.17) is 0 Å². The molecule has 0 bridgehead atoms. The van der Waals surface area contributed by atoms with Gasteiger partial charge in [0.25, 0.3) is 11.4 Å². The van der Waals surface area contributed by atoms with E-state index in [1.807, 2.05) is 0 Å². The predicted octanol–water partition coefficient (Wildman–Crippen LogP) is 1.85. The van der Waals surface area contributed by atoms with Gasteiger partial charge in [0.2, 0.25) is 0 Å². The van der Waals surface area contributed by atoms with Crippen molar-refractivity contribution in [2.75, 3.05) is 6.54 Å². The molecule has 7 heteroatoms. The minimum atomic E-state index is -0.603. The normalized spacial score (nSPS) is 18.5. The maximum atomic E-state index is 10.8. The van der Waals surface area contributed by atoms with Crippen LogP contribution in [-0.4, -0.2) is 16.4 Å². The van der Waals surface area contributed by atoms with Crippen molar-refractivity contribution in [3.63, 3.8) is 0 Å². The van der Waals surface area contributed by atoms with Crippen molar-refractivity contribution >= 4 is 11.4 Å². The molecule has 7 nitrogen and oxygen atoms in total. The monoisotopic (exact) mass is 237 g/mol.